The van der Waals surface area contributed by atoms with Crippen molar-refractivity contribution >= 4 is 11.6 Å². The van der Waals surface area contributed by atoms with Gasteiger partial charge >= 0.3 is 0 Å². The van der Waals surface area contributed by atoms with E-state index in [2.05, 4.69) is 10.3 Å². The van der Waals surface area contributed by atoms with Crippen molar-refractivity contribution in [2.75, 3.05) is 12.4 Å². The average molecular weight is 307 g/mol. The summed E-state index contributed by atoms with van der Waals surface area (Å²) in [6.07, 6.45) is 5.64. The summed E-state index contributed by atoms with van der Waals surface area (Å²) in [5.74, 6) is 0.689. The van der Waals surface area contributed by atoms with E-state index in [4.69, 9.17) is 4.74 Å². The number of hydrogen-bond acceptors (Lipinski definition) is 3. The molecule has 5 nitrogen and oxygen atoms in total. The van der Waals surface area contributed by atoms with Crippen molar-refractivity contribution in [2.45, 2.75) is 6.42 Å². The molecule has 2 aromatic carbocycles. The first-order valence-electron chi connectivity index (χ1n) is 7.26. The number of nitrogens with one attached hydrogen (secondary N) is 1. The molecule has 3 rings (SSSR count). The number of rotatable bonds is 5. The number of benzene rings is 2. The number of ether oxygens (including phenoxy) is 1. The van der Waals surface area contributed by atoms with E-state index in [0.717, 1.165) is 22.7 Å². The van der Waals surface area contributed by atoms with Gasteiger partial charge < -0.3 is 14.6 Å². The van der Waals surface area contributed by atoms with Crippen molar-refractivity contribution in [3.63, 3.8) is 0 Å². The van der Waals surface area contributed by atoms with Crippen LogP contribution in [0.2, 0.25) is 0 Å². The van der Waals surface area contributed by atoms with Crippen LogP contribution in [-0.4, -0.2) is 22.6 Å². The van der Waals surface area contributed by atoms with Crippen LogP contribution in [0.1, 0.15) is 5.56 Å². The smallest absolute Gasteiger partial charge is 0.228 e. The van der Waals surface area contributed by atoms with Gasteiger partial charge in [-0.3, -0.25) is 4.79 Å². The van der Waals surface area contributed by atoms with E-state index in [1.54, 1.807) is 19.6 Å². The fraction of sp³-hybridized carbons (Fsp3) is 0.111. The molecule has 0 bridgehead atoms. The highest BCUT2D eigenvalue weighted by atomic mass is 16.5. The van der Waals surface area contributed by atoms with Crippen LogP contribution < -0.4 is 10.1 Å². The Labute approximate surface area is 134 Å². The minimum atomic E-state index is -0.0615. The molecule has 3 aromatic rings. The topological polar surface area (TPSA) is 56.1 Å². The quantitative estimate of drug-likeness (QED) is 0.788. The molecule has 5 heteroatoms. The average Bonchev–Trinajstić information content (AvgIpc) is 3.10. The lowest BCUT2D eigenvalue weighted by molar-refractivity contribution is -0.115. The number of carbonyl (C=O) groups excluding carboxylic acids is 1. The third kappa shape index (κ3) is 3.77. The number of imidazole rings is 1. The van der Waals surface area contributed by atoms with Gasteiger partial charge in [-0.05, 0) is 42.0 Å². The van der Waals surface area contributed by atoms with Crippen molar-refractivity contribution in [1.29, 1.82) is 0 Å². The van der Waals surface area contributed by atoms with E-state index in [1.807, 2.05) is 59.3 Å². The first kappa shape index (κ1) is 14.8. The molecule has 0 aliphatic heterocycles. The summed E-state index contributed by atoms with van der Waals surface area (Å²) in [7, 11) is 1.61. The molecule has 23 heavy (non-hydrogen) atoms. The van der Waals surface area contributed by atoms with E-state index >= 15 is 0 Å². The molecule has 0 atom stereocenters. The van der Waals surface area contributed by atoms with Gasteiger partial charge in [-0.1, -0.05) is 12.1 Å². The van der Waals surface area contributed by atoms with Gasteiger partial charge in [0.25, 0.3) is 0 Å². The Morgan fingerprint density at radius 2 is 2.04 bits per heavy atom. The standard InChI is InChI=1S/C18H17N3O2/c1-23-17-4-2-3-14(11-17)12-18(22)20-15-5-7-16(8-6-15)21-10-9-19-13-21/h2-11,13H,12H2,1H3,(H,20,22). The van der Waals surface area contributed by atoms with Crippen molar-refractivity contribution in [2.24, 2.45) is 0 Å². The first-order chi connectivity index (χ1) is 11.2. The van der Waals surface area contributed by atoms with Gasteiger partial charge in [0.05, 0.1) is 19.9 Å². The Hall–Kier alpha value is -3.08. The summed E-state index contributed by atoms with van der Waals surface area (Å²) in [6.45, 7) is 0. The SMILES string of the molecule is COc1cccc(CC(=O)Nc2ccc(-n3ccnc3)cc2)c1. The molecule has 116 valence electrons. The molecular formula is C18H17N3O2. The molecule has 1 N–H and O–H groups in total. The van der Waals surface area contributed by atoms with Crippen molar-refractivity contribution < 1.29 is 9.53 Å². The maximum absolute atomic E-state index is 12.1. The summed E-state index contributed by atoms with van der Waals surface area (Å²) in [4.78, 5) is 16.1. The van der Waals surface area contributed by atoms with E-state index in [0.29, 0.717) is 6.42 Å². The van der Waals surface area contributed by atoms with Crippen LogP contribution in [0.15, 0.2) is 67.3 Å². The van der Waals surface area contributed by atoms with Gasteiger partial charge in [0.2, 0.25) is 5.91 Å². The monoisotopic (exact) mass is 307 g/mol. The second-order valence-corrected chi connectivity index (χ2v) is 5.09. The Kier molecular flexibility index (Phi) is 4.38. The lowest BCUT2D eigenvalue weighted by Gasteiger charge is -2.08. The Bertz CT molecular complexity index is 780. The number of methoxy groups -OCH3 is 1. The van der Waals surface area contributed by atoms with E-state index in [1.165, 1.54) is 0 Å². The van der Waals surface area contributed by atoms with Crippen molar-refractivity contribution in [1.82, 2.24) is 9.55 Å². The number of anilines is 1. The van der Waals surface area contributed by atoms with Gasteiger partial charge in [0.15, 0.2) is 0 Å². The summed E-state index contributed by atoms with van der Waals surface area (Å²) in [5, 5.41) is 2.90. The molecule has 0 unspecified atom stereocenters. The van der Waals surface area contributed by atoms with Crippen LogP contribution in [-0.2, 0) is 11.2 Å². The molecule has 1 heterocycles. The number of amides is 1. The number of nitrogens with zero attached hydrogens (tertiary/aromatic N) is 2. The maximum atomic E-state index is 12.1. The third-order valence-electron chi connectivity index (χ3n) is 3.45. The predicted octanol–water partition coefficient (Wildman–Crippen LogP) is 3.06. The van der Waals surface area contributed by atoms with Gasteiger partial charge in [-0.2, -0.15) is 0 Å². The zero-order chi connectivity index (χ0) is 16.1. The molecule has 0 radical (unpaired) electrons. The highest BCUT2D eigenvalue weighted by Crippen LogP contribution is 2.15. The lowest BCUT2D eigenvalue weighted by Crippen LogP contribution is -2.14. The summed E-state index contributed by atoms with van der Waals surface area (Å²) in [6, 6.07) is 15.1. The summed E-state index contributed by atoms with van der Waals surface area (Å²) in [5.41, 5.74) is 2.67. The summed E-state index contributed by atoms with van der Waals surface area (Å²) >= 11 is 0. The molecule has 1 amide bonds. The minimum Gasteiger partial charge on any atom is -0.497 e. The number of hydrogen-bond donors (Lipinski definition) is 1. The Morgan fingerprint density at radius 1 is 1.22 bits per heavy atom. The molecule has 0 saturated carbocycles. The zero-order valence-corrected chi connectivity index (χ0v) is 12.8. The van der Waals surface area contributed by atoms with Gasteiger partial charge in [-0.25, -0.2) is 4.98 Å². The third-order valence-corrected chi connectivity index (χ3v) is 3.45. The van der Waals surface area contributed by atoms with E-state index in [-0.39, 0.29) is 5.91 Å². The highest BCUT2D eigenvalue weighted by molar-refractivity contribution is 5.92. The van der Waals surface area contributed by atoms with Gasteiger partial charge in [0, 0.05) is 23.8 Å². The van der Waals surface area contributed by atoms with Crippen LogP contribution in [0.25, 0.3) is 5.69 Å². The fourth-order valence-electron chi connectivity index (χ4n) is 2.30. The second kappa shape index (κ2) is 6.79. The van der Waals surface area contributed by atoms with Crippen molar-refractivity contribution in [3.05, 3.63) is 72.8 Å². The minimum absolute atomic E-state index is 0.0615. The molecule has 0 fully saturated rings. The lowest BCUT2D eigenvalue weighted by atomic mass is 10.1. The molecule has 0 aliphatic carbocycles. The number of aromatic nitrogens is 2. The largest absolute Gasteiger partial charge is 0.497 e. The molecule has 0 aliphatic rings. The highest BCUT2D eigenvalue weighted by Gasteiger charge is 2.05. The zero-order valence-electron chi connectivity index (χ0n) is 12.8. The van der Waals surface area contributed by atoms with E-state index in [9.17, 15) is 4.79 Å². The summed E-state index contributed by atoms with van der Waals surface area (Å²) < 4.78 is 7.07. The molecule has 0 saturated heterocycles. The van der Waals surface area contributed by atoms with Crippen LogP contribution in [0.5, 0.6) is 5.75 Å². The molecular weight excluding hydrogens is 290 g/mol. The van der Waals surface area contributed by atoms with Crippen LogP contribution in [0.3, 0.4) is 0 Å². The fourth-order valence-corrected chi connectivity index (χ4v) is 2.30. The predicted molar refractivity (Wildman–Crippen MR) is 88.9 cm³/mol. The van der Waals surface area contributed by atoms with Crippen LogP contribution in [0.4, 0.5) is 5.69 Å². The van der Waals surface area contributed by atoms with Crippen LogP contribution >= 0.6 is 0 Å². The number of carbonyl (C=O) groups is 1. The molecule has 1 aromatic heterocycles. The molecule has 0 spiro atoms. The normalized spacial score (nSPS) is 10.3. The second-order valence-electron chi connectivity index (χ2n) is 5.09. The van der Waals surface area contributed by atoms with Gasteiger partial charge in [-0.15, -0.1) is 0 Å². The van der Waals surface area contributed by atoms with E-state index < -0.39 is 0 Å². The first-order valence-corrected chi connectivity index (χ1v) is 7.26. The van der Waals surface area contributed by atoms with Gasteiger partial charge in [0.1, 0.15) is 5.75 Å². The maximum Gasteiger partial charge on any atom is 0.228 e. The Morgan fingerprint density at radius 3 is 2.74 bits per heavy atom. The Balaban J connectivity index is 1.63. The van der Waals surface area contributed by atoms with Crippen LogP contribution in [0, 0.1) is 0 Å². The van der Waals surface area contributed by atoms with Crippen molar-refractivity contribution in [3.8, 4) is 11.4 Å².